The molecule has 0 bridgehead atoms. The number of carbonyl (C=O) groups is 3. The molecular weight excluding hydrogens is 302 g/mol. The Labute approximate surface area is 131 Å². The molecule has 0 N–H and O–H groups in total. The number of benzene rings is 1. The number of hydrogen-bond donors (Lipinski definition) is 0. The van der Waals surface area contributed by atoms with E-state index in [2.05, 4.69) is 10.1 Å². The average molecular weight is 315 g/mol. The van der Waals surface area contributed by atoms with E-state index in [4.69, 9.17) is 9.36 Å². The van der Waals surface area contributed by atoms with Gasteiger partial charge in [0.2, 0.25) is 5.89 Å². The number of amides is 2. The van der Waals surface area contributed by atoms with Crippen LogP contribution in [0.4, 0.5) is 0 Å². The zero-order valence-corrected chi connectivity index (χ0v) is 12.7. The standard InChI is InChI=1S/C15H13N3O5/c1-15(2,3)14-16-10(17-22-14)13(21)23-18-11(19)8-6-4-5-7-9(8)12(18)20/h4-7H,1-3H3. The summed E-state index contributed by atoms with van der Waals surface area (Å²) in [7, 11) is 0. The summed E-state index contributed by atoms with van der Waals surface area (Å²) in [5.74, 6) is -2.57. The molecule has 1 aliphatic rings. The van der Waals surface area contributed by atoms with Crippen molar-refractivity contribution in [1.29, 1.82) is 0 Å². The van der Waals surface area contributed by atoms with Gasteiger partial charge in [-0.2, -0.15) is 4.98 Å². The van der Waals surface area contributed by atoms with Crippen molar-refractivity contribution in [1.82, 2.24) is 15.2 Å². The van der Waals surface area contributed by atoms with Gasteiger partial charge in [0, 0.05) is 5.41 Å². The second-order valence-corrected chi connectivity index (χ2v) is 6.00. The number of hydrogen-bond acceptors (Lipinski definition) is 7. The summed E-state index contributed by atoms with van der Waals surface area (Å²) in [5, 5.41) is 3.92. The van der Waals surface area contributed by atoms with Gasteiger partial charge in [0.15, 0.2) is 0 Å². The van der Waals surface area contributed by atoms with Gasteiger partial charge in [-0.1, -0.05) is 38.0 Å². The average Bonchev–Trinajstić information content (AvgIpc) is 3.08. The van der Waals surface area contributed by atoms with Gasteiger partial charge in [-0.05, 0) is 17.3 Å². The van der Waals surface area contributed by atoms with Crippen LogP contribution in [0.2, 0.25) is 0 Å². The Kier molecular flexibility index (Phi) is 3.24. The van der Waals surface area contributed by atoms with Crippen molar-refractivity contribution in [3.63, 3.8) is 0 Å². The van der Waals surface area contributed by atoms with Crippen molar-refractivity contribution in [2.75, 3.05) is 0 Å². The van der Waals surface area contributed by atoms with Crippen molar-refractivity contribution in [3.05, 3.63) is 47.1 Å². The molecule has 0 saturated carbocycles. The molecule has 0 unspecified atom stereocenters. The third-order valence-corrected chi connectivity index (χ3v) is 3.18. The SMILES string of the molecule is CC(C)(C)c1nc(C(=O)ON2C(=O)c3ccccc3C2=O)no1. The minimum Gasteiger partial charge on any atom is -0.338 e. The van der Waals surface area contributed by atoms with Crippen LogP contribution in [0.15, 0.2) is 28.8 Å². The Morgan fingerprint density at radius 1 is 1.13 bits per heavy atom. The minimum atomic E-state index is -1.04. The molecule has 0 atom stereocenters. The van der Waals surface area contributed by atoms with E-state index in [9.17, 15) is 14.4 Å². The fourth-order valence-corrected chi connectivity index (χ4v) is 1.98. The summed E-state index contributed by atoms with van der Waals surface area (Å²) in [6.45, 7) is 5.50. The monoisotopic (exact) mass is 315 g/mol. The Balaban J connectivity index is 1.81. The number of hydroxylamine groups is 2. The maximum atomic E-state index is 12.1. The van der Waals surface area contributed by atoms with Crippen LogP contribution in [-0.2, 0) is 10.3 Å². The van der Waals surface area contributed by atoms with Gasteiger partial charge in [-0.3, -0.25) is 9.59 Å². The van der Waals surface area contributed by atoms with Crippen LogP contribution in [0.1, 0.15) is 58.0 Å². The Hall–Kier alpha value is -3.03. The Bertz CT molecular complexity index is 784. The van der Waals surface area contributed by atoms with Gasteiger partial charge in [0.25, 0.3) is 17.6 Å². The molecule has 8 nitrogen and oxygen atoms in total. The van der Waals surface area contributed by atoms with Crippen LogP contribution in [0.25, 0.3) is 0 Å². The van der Waals surface area contributed by atoms with Gasteiger partial charge >= 0.3 is 5.97 Å². The van der Waals surface area contributed by atoms with E-state index >= 15 is 0 Å². The lowest BCUT2D eigenvalue weighted by molar-refractivity contribution is -0.0594. The highest BCUT2D eigenvalue weighted by molar-refractivity contribution is 6.21. The Morgan fingerprint density at radius 2 is 1.70 bits per heavy atom. The fourth-order valence-electron chi connectivity index (χ4n) is 1.98. The molecule has 1 aliphatic heterocycles. The fraction of sp³-hybridized carbons (Fsp3) is 0.267. The normalized spacial score (nSPS) is 14.1. The topological polar surface area (TPSA) is 103 Å². The summed E-state index contributed by atoms with van der Waals surface area (Å²) in [6.07, 6.45) is 0. The van der Waals surface area contributed by atoms with E-state index in [1.807, 2.05) is 20.8 Å². The van der Waals surface area contributed by atoms with E-state index in [0.29, 0.717) is 5.06 Å². The highest BCUT2D eigenvalue weighted by atomic mass is 16.7. The molecule has 2 amide bonds. The highest BCUT2D eigenvalue weighted by Crippen LogP contribution is 2.24. The van der Waals surface area contributed by atoms with Crippen LogP contribution in [-0.4, -0.2) is 33.0 Å². The second-order valence-electron chi connectivity index (χ2n) is 6.00. The summed E-state index contributed by atoms with van der Waals surface area (Å²) in [5.41, 5.74) is -0.0938. The molecule has 0 saturated heterocycles. The van der Waals surface area contributed by atoms with Crippen molar-refractivity contribution in [3.8, 4) is 0 Å². The van der Waals surface area contributed by atoms with Crippen molar-refractivity contribution in [2.24, 2.45) is 0 Å². The molecule has 1 aromatic carbocycles. The number of carbonyl (C=O) groups excluding carboxylic acids is 3. The lowest BCUT2D eigenvalue weighted by Gasteiger charge is -2.11. The van der Waals surface area contributed by atoms with Crippen LogP contribution >= 0.6 is 0 Å². The third-order valence-electron chi connectivity index (χ3n) is 3.18. The van der Waals surface area contributed by atoms with Crippen LogP contribution in [0.5, 0.6) is 0 Å². The molecular formula is C15H13N3O5. The third kappa shape index (κ3) is 2.48. The largest absolute Gasteiger partial charge is 0.404 e. The highest BCUT2D eigenvalue weighted by Gasteiger charge is 2.39. The molecule has 0 spiro atoms. The summed E-state index contributed by atoms with van der Waals surface area (Å²) in [6, 6.07) is 6.19. The first-order valence-corrected chi connectivity index (χ1v) is 6.83. The van der Waals surface area contributed by atoms with E-state index in [1.165, 1.54) is 12.1 Å². The van der Waals surface area contributed by atoms with Gasteiger partial charge in [-0.25, -0.2) is 4.79 Å². The van der Waals surface area contributed by atoms with Crippen molar-refractivity contribution < 1.29 is 23.7 Å². The molecule has 118 valence electrons. The second kappa shape index (κ2) is 5.01. The molecule has 8 heteroatoms. The van der Waals surface area contributed by atoms with Crippen molar-refractivity contribution >= 4 is 17.8 Å². The molecule has 2 heterocycles. The minimum absolute atomic E-state index is 0.175. The van der Waals surface area contributed by atoms with Gasteiger partial charge in [-0.15, -0.1) is 0 Å². The summed E-state index contributed by atoms with van der Waals surface area (Å²) >= 11 is 0. The molecule has 3 rings (SSSR count). The van der Waals surface area contributed by atoms with Crippen molar-refractivity contribution in [2.45, 2.75) is 26.2 Å². The first-order chi connectivity index (χ1) is 10.8. The predicted octanol–water partition coefficient (Wildman–Crippen LogP) is 1.74. The molecule has 2 aromatic rings. The summed E-state index contributed by atoms with van der Waals surface area (Å²) < 4.78 is 4.98. The lowest BCUT2D eigenvalue weighted by atomic mass is 9.97. The van der Waals surface area contributed by atoms with Gasteiger partial charge in [0.05, 0.1) is 11.1 Å². The Morgan fingerprint density at radius 3 is 2.17 bits per heavy atom. The molecule has 0 radical (unpaired) electrons. The lowest BCUT2D eigenvalue weighted by Crippen LogP contribution is -2.33. The number of rotatable bonds is 2. The van der Waals surface area contributed by atoms with E-state index in [-0.39, 0.29) is 22.8 Å². The van der Waals surface area contributed by atoms with Gasteiger partial charge < -0.3 is 9.36 Å². The zero-order valence-electron chi connectivity index (χ0n) is 12.7. The number of aromatic nitrogens is 2. The van der Waals surface area contributed by atoms with Crippen LogP contribution < -0.4 is 0 Å². The first kappa shape index (κ1) is 14.9. The number of imide groups is 1. The maximum Gasteiger partial charge on any atom is 0.404 e. The molecule has 0 fully saturated rings. The first-order valence-electron chi connectivity index (χ1n) is 6.83. The predicted molar refractivity (Wildman–Crippen MR) is 75.4 cm³/mol. The quantitative estimate of drug-likeness (QED) is 0.777. The summed E-state index contributed by atoms with van der Waals surface area (Å²) in [4.78, 5) is 45.0. The van der Waals surface area contributed by atoms with Crippen LogP contribution in [0.3, 0.4) is 0 Å². The number of fused-ring (bicyclic) bond motifs is 1. The smallest absolute Gasteiger partial charge is 0.338 e. The molecule has 1 aromatic heterocycles. The number of nitrogens with zero attached hydrogens (tertiary/aromatic N) is 3. The molecule has 0 aliphatic carbocycles. The molecule has 23 heavy (non-hydrogen) atoms. The zero-order chi connectivity index (χ0) is 16.8. The van der Waals surface area contributed by atoms with E-state index in [1.54, 1.807) is 12.1 Å². The van der Waals surface area contributed by atoms with Crippen LogP contribution in [0, 0.1) is 0 Å². The van der Waals surface area contributed by atoms with Gasteiger partial charge in [0.1, 0.15) is 0 Å². The van der Waals surface area contributed by atoms with E-state index in [0.717, 1.165) is 0 Å². The van der Waals surface area contributed by atoms with E-state index < -0.39 is 23.2 Å². The maximum absolute atomic E-state index is 12.1.